The summed E-state index contributed by atoms with van der Waals surface area (Å²) in [6.07, 6.45) is 9.86. The van der Waals surface area contributed by atoms with Crippen molar-refractivity contribution in [2.45, 2.75) is 64.5 Å². The number of nitrogens with two attached hydrogens (primary N) is 2. The van der Waals surface area contributed by atoms with Crippen LogP contribution in [0.5, 0.6) is 0 Å². The van der Waals surface area contributed by atoms with Gasteiger partial charge in [0.1, 0.15) is 0 Å². The Morgan fingerprint density at radius 3 is 1.54 bits per heavy atom. The second kappa shape index (κ2) is 15.6. The van der Waals surface area contributed by atoms with Crippen LogP contribution in [-0.2, 0) is 13.1 Å². The number of hydrogen-bond acceptors (Lipinski definition) is 4. The van der Waals surface area contributed by atoms with E-state index in [4.69, 9.17) is 11.5 Å². The van der Waals surface area contributed by atoms with E-state index >= 15 is 0 Å². The zero-order valence-electron chi connectivity index (χ0n) is 15.4. The minimum atomic E-state index is 0.821. The van der Waals surface area contributed by atoms with E-state index in [1.165, 1.54) is 49.7 Å². The Morgan fingerprint density at radius 2 is 1.08 bits per heavy atom. The van der Waals surface area contributed by atoms with Crippen LogP contribution in [0.2, 0.25) is 0 Å². The lowest BCUT2D eigenvalue weighted by Crippen LogP contribution is -2.16. The quantitative estimate of drug-likeness (QED) is 0.351. The fourth-order valence-electron chi connectivity index (χ4n) is 2.81. The van der Waals surface area contributed by atoms with E-state index in [9.17, 15) is 0 Å². The van der Waals surface area contributed by atoms with Crippen molar-refractivity contribution in [3.63, 3.8) is 0 Å². The minimum Gasteiger partial charge on any atom is -0.330 e. The van der Waals surface area contributed by atoms with Gasteiger partial charge >= 0.3 is 0 Å². The molecule has 0 aliphatic heterocycles. The van der Waals surface area contributed by atoms with Gasteiger partial charge < -0.3 is 22.1 Å². The van der Waals surface area contributed by atoms with E-state index < -0.39 is 0 Å². The van der Waals surface area contributed by atoms with Crippen molar-refractivity contribution in [1.82, 2.24) is 10.6 Å². The predicted molar refractivity (Wildman–Crippen MR) is 105 cm³/mol. The Bertz CT molecular complexity index is 362. The zero-order chi connectivity index (χ0) is 17.3. The molecule has 0 aliphatic carbocycles. The van der Waals surface area contributed by atoms with E-state index in [1.54, 1.807) is 0 Å². The largest absolute Gasteiger partial charge is 0.330 e. The van der Waals surface area contributed by atoms with Crippen LogP contribution < -0.4 is 22.1 Å². The number of nitrogens with one attached hydrogen (secondary N) is 2. The molecule has 6 N–H and O–H groups in total. The van der Waals surface area contributed by atoms with Crippen LogP contribution in [0.3, 0.4) is 0 Å². The van der Waals surface area contributed by atoms with Crippen molar-refractivity contribution in [3.05, 3.63) is 35.4 Å². The van der Waals surface area contributed by atoms with Crippen molar-refractivity contribution < 1.29 is 0 Å². The molecule has 0 atom stereocenters. The molecule has 0 aromatic heterocycles. The van der Waals surface area contributed by atoms with Crippen LogP contribution in [0, 0.1) is 0 Å². The van der Waals surface area contributed by atoms with Gasteiger partial charge in [0.05, 0.1) is 0 Å². The third-order valence-corrected chi connectivity index (χ3v) is 4.26. The molecule has 138 valence electrons. The fraction of sp³-hybridized carbons (Fsp3) is 0.700. The van der Waals surface area contributed by atoms with Gasteiger partial charge in [-0.3, -0.25) is 0 Å². The molecule has 0 spiro atoms. The van der Waals surface area contributed by atoms with E-state index in [0.29, 0.717) is 0 Å². The lowest BCUT2D eigenvalue weighted by atomic mass is 10.1. The second-order valence-corrected chi connectivity index (χ2v) is 6.58. The van der Waals surface area contributed by atoms with Gasteiger partial charge in [-0.15, -0.1) is 0 Å². The molecule has 1 rings (SSSR count). The molecule has 0 radical (unpaired) electrons. The molecular weight excluding hydrogens is 296 g/mol. The first-order valence-electron chi connectivity index (χ1n) is 9.76. The monoisotopic (exact) mass is 334 g/mol. The highest BCUT2D eigenvalue weighted by Gasteiger charge is 1.97. The molecule has 0 heterocycles. The van der Waals surface area contributed by atoms with Gasteiger partial charge in [-0.05, 0) is 63.0 Å². The predicted octanol–water partition coefficient (Wildman–Crippen LogP) is 2.90. The van der Waals surface area contributed by atoms with Gasteiger partial charge in [-0.2, -0.15) is 0 Å². The van der Waals surface area contributed by atoms with Gasteiger partial charge in [-0.25, -0.2) is 0 Å². The van der Waals surface area contributed by atoms with Crippen molar-refractivity contribution in [2.24, 2.45) is 11.5 Å². The Morgan fingerprint density at radius 1 is 0.625 bits per heavy atom. The van der Waals surface area contributed by atoms with Crippen LogP contribution in [0.15, 0.2) is 24.3 Å². The first-order chi connectivity index (χ1) is 11.9. The SMILES string of the molecule is NCCCCCCNCc1cccc(CNCCCCCCN)c1. The fourth-order valence-corrected chi connectivity index (χ4v) is 2.81. The molecule has 0 amide bonds. The van der Waals surface area contributed by atoms with Crippen LogP contribution >= 0.6 is 0 Å². The summed E-state index contributed by atoms with van der Waals surface area (Å²) in [6.45, 7) is 5.75. The molecular formula is C20H38N4. The topological polar surface area (TPSA) is 76.1 Å². The summed E-state index contributed by atoms with van der Waals surface area (Å²) in [5.41, 5.74) is 13.8. The first-order valence-corrected chi connectivity index (χ1v) is 9.76. The first kappa shape index (κ1) is 21.1. The maximum atomic E-state index is 5.50. The molecule has 0 saturated carbocycles. The van der Waals surface area contributed by atoms with E-state index in [-0.39, 0.29) is 0 Å². The smallest absolute Gasteiger partial charge is 0.0205 e. The van der Waals surface area contributed by atoms with Crippen LogP contribution in [0.4, 0.5) is 0 Å². The maximum Gasteiger partial charge on any atom is 0.0205 e. The Hall–Kier alpha value is -0.940. The van der Waals surface area contributed by atoms with Crippen LogP contribution in [0.1, 0.15) is 62.5 Å². The molecule has 4 heteroatoms. The standard InChI is InChI=1S/C20H38N4/c21-12-5-1-3-7-14-23-17-19-10-9-11-20(16-19)18-24-15-8-4-2-6-13-22/h9-11,16,23-24H,1-8,12-15,17-18,21-22H2. The molecule has 0 fully saturated rings. The molecule has 4 nitrogen and oxygen atoms in total. The third-order valence-electron chi connectivity index (χ3n) is 4.26. The van der Waals surface area contributed by atoms with Gasteiger partial charge in [0.2, 0.25) is 0 Å². The highest BCUT2D eigenvalue weighted by atomic mass is 14.9. The number of unbranched alkanes of at least 4 members (excludes halogenated alkanes) is 6. The van der Waals surface area contributed by atoms with Crippen molar-refractivity contribution in [3.8, 4) is 0 Å². The molecule has 0 unspecified atom stereocenters. The van der Waals surface area contributed by atoms with E-state index in [0.717, 1.165) is 52.1 Å². The lowest BCUT2D eigenvalue weighted by Gasteiger charge is -2.08. The number of benzene rings is 1. The second-order valence-electron chi connectivity index (χ2n) is 6.58. The Balaban J connectivity index is 2.08. The Kier molecular flexibility index (Phi) is 13.7. The number of rotatable bonds is 16. The molecule has 0 saturated heterocycles. The maximum absolute atomic E-state index is 5.50. The van der Waals surface area contributed by atoms with E-state index in [2.05, 4.69) is 34.9 Å². The lowest BCUT2D eigenvalue weighted by molar-refractivity contribution is 0.586. The summed E-state index contributed by atoms with van der Waals surface area (Å²) in [6, 6.07) is 8.88. The highest BCUT2D eigenvalue weighted by molar-refractivity contribution is 5.23. The zero-order valence-corrected chi connectivity index (χ0v) is 15.4. The van der Waals surface area contributed by atoms with Crippen LogP contribution in [-0.4, -0.2) is 26.2 Å². The highest BCUT2D eigenvalue weighted by Crippen LogP contribution is 2.06. The van der Waals surface area contributed by atoms with Crippen molar-refractivity contribution in [2.75, 3.05) is 26.2 Å². The molecule has 0 aliphatic rings. The van der Waals surface area contributed by atoms with Gasteiger partial charge in [-0.1, -0.05) is 49.9 Å². The van der Waals surface area contributed by atoms with Crippen molar-refractivity contribution >= 4 is 0 Å². The summed E-state index contributed by atoms with van der Waals surface area (Å²) < 4.78 is 0. The van der Waals surface area contributed by atoms with Gasteiger partial charge in [0.15, 0.2) is 0 Å². The summed E-state index contributed by atoms with van der Waals surface area (Å²) in [5.74, 6) is 0. The molecule has 1 aromatic carbocycles. The molecule has 1 aromatic rings. The summed E-state index contributed by atoms with van der Waals surface area (Å²) >= 11 is 0. The number of hydrogen-bond donors (Lipinski definition) is 4. The van der Waals surface area contributed by atoms with Crippen molar-refractivity contribution in [1.29, 1.82) is 0 Å². The average molecular weight is 335 g/mol. The average Bonchev–Trinajstić information content (AvgIpc) is 2.60. The summed E-state index contributed by atoms with van der Waals surface area (Å²) in [7, 11) is 0. The van der Waals surface area contributed by atoms with E-state index in [1.807, 2.05) is 0 Å². The molecule has 24 heavy (non-hydrogen) atoms. The molecule has 0 bridgehead atoms. The summed E-state index contributed by atoms with van der Waals surface area (Å²) in [5, 5.41) is 7.08. The van der Waals surface area contributed by atoms with Gasteiger partial charge in [0.25, 0.3) is 0 Å². The normalized spacial score (nSPS) is 11.1. The third kappa shape index (κ3) is 11.6. The Labute approximate surface area is 148 Å². The summed E-state index contributed by atoms with van der Waals surface area (Å²) in [4.78, 5) is 0. The van der Waals surface area contributed by atoms with Crippen LogP contribution in [0.25, 0.3) is 0 Å². The van der Waals surface area contributed by atoms with Gasteiger partial charge in [0, 0.05) is 13.1 Å². The minimum absolute atomic E-state index is 0.821.